The minimum absolute atomic E-state index is 0.320. The second-order valence-corrected chi connectivity index (χ2v) is 4.94. The third-order valence-corrected chi connectivity index (χ3v) is 3.18. The van der Waals surface area contributed by atoms with Gasteiger partial charge in [-0.25, -0.2) is 9.97 Å². The Morgan fingerprint density at radius 2 is 1.47 bits per heavy atom. The van der Waals surface area contributed by atoms with E-state index in [0.717, 1.165) is 5.56 Å². The molecule has 0 N–H and O–H groups in total. The Balaban J connectivity index is 2.28. The van der Waals surface area contributed by atoms with Crippen LogP contribution in [0.3, 0.4) is 0 Å². The summed E-state index contributed by atoms with van der Waals surface area (Å²) in [6.07, 6.45) is 0.497. The number of hydrogen-bond acceptors (Lipinski definition) is 2. The molecule has 0 atom stereocenters. The second-order valence-electron chi connectivity index (χ2n) is 3.35. The molecule has 6 heteroatoms. The van der Waals surface area contributed by atoms with Crippen LogP contribution in [-0.4, -0.2) is 9.97 Å². The third kappa shape index (κ3) is 3.46. The molecular formula is C11H6Cl4N2. The quantitative estimate of drug-likeness (QED) is 0.753. The molecule has 0 saturated carbocycles. The summed E-state index contributed by atoms with van der Waals surface area (Å²) in [5.74, 6) is 0.542. The lowest BCUT2D eigenvalue weighted by atomic mass is 10.1. The lowest BCUT2D eigenvalue weighted by Gasteiger charge is -2.03. The lowest BCUT2D eigenvalue weighted by Crippen LogP contribution is -1.97. The number of aromatic nitrogens is 2. The van der Waals surface area contributed by atoms with Gasteiger partial charge in [0.15, 0.2) is 0 Å². The minimum atomic E-state index is 0.320. The van der Waals surface area contributed by atoms with Crippen LogP contribution >= 0.6 is 46.4 Å². The molecule has 1 aromatic heterocycles. The molecule has 0 aliphatic heterocycles. The molecule has 0 unspecified atom stereocenters. The number of halogens is 4. The smallest absolute Gasteiger partial charge is 0.136 e. The van der Waals surface area contributed by atoms with Crippen LogP contribution in [0.25, 0.3) is 0 Å². The molecule has 2 rings (SSSR count). The lowest BCUT2D eigenvalue weighted by molar-refractivity contribution is 0.969. The van der Waals surface area contributed by atoms with E-state index in [2.05, 4.69) is 9.97 Å². The first kappa shape index (κ1) is 12.9. The van der Waals surface area contributed by atoms with Crippen molar-refractivity contribution in [2.75, 3.05) is 0 Å². The average Bonchev–Trinajstić information content (AvgIpc) is 2.22. The summed E-state index contributed by atoms with van der Waals surface area (Å²) in [6, 6.07) is 6.83. The van der Waals surface area contributed by atoms with Crippen molar-refractivity contribution >= 4 is 46.4 Å². The molecule has 0 aliphatic carbocycles. The van der Waals surface area contributed by atoms with E-state index >= 15 is 0 Å². The molecule has 17 heavy (non-hydrogen) atoms. The molecule has 0 saturated heterocycles. The fraction of sp³-hybridized carbons (Fsp3) is 0.0909. The highest BCUT2D eigenvalue weighted by Gasteiger charge is 2.05. The first-order chi connectivity index (χ1) is 8.04. The van der Waals surface area contributed by atoms with E-state index in [1.165, 1.54) is 6.07 Å². The summed E-state index contributed by atoms with van der Waals surface area (Å²) in [5.41, 5.74) is 0.942. The van der Waals surface area contributed by atoms with E-state index in [0.29, 0.717) is 32.6 Å². The van der Waals surface area contributed by atoms with Crippen molar-refractivity contribution in [1.29, 1.82) is 0 Å². The van der Waals surface area contributed by atoms with Crippen LogP contribution in [0.4, 0.5) is 0 Å². The van der Waals surface area contributed by atoms with E-state index in [9.17, 15) is 0 Å². The summed E-state index contributed by atoms with van der Waals surface area (Å²) in [6.45, 7) is 0. The van der Waals surface area contributed by atoms with E-state index in [-0.39, 0.29) is 0 Å². The summed E-state index contributed by atoms with van der Waals surface area (Å²) in [7, 11) is 0. The molecule has 1 aromatic carbocycles. The van der Waals surface area contributed by atoms with Gasteiger partial charge in [0.25, 0.3) is 0 Å². The van der Waals surface area contributed by atoms with Crippen LogP contribution in [0.5, 0.6) is 0 Å². The molecule has 0 spiro atoms. The van der Waals surface area contributed by atoms with Crippen LogP contribution in [-0.2, 0) is 6.42 Å². The van der Waals surface area contributed by atoms with Crippen molar-refractivity contribution in [2.24, 2.45) is 0 Å². The first-order valence-electron chi connectivity index (χ1n) is 4.67. The zero-order valence-electron chi connectivity index (χ0n) is 8.42. The zero-order valence-corrected chi connectivity index (χ0v) is 11.4. The molecule has 0 aliphatic rings. The molecular weight excluding hydrogens is 302 g/mol. The van der Waals surface area contributed by atoms with Crippen LogP contribution in [0.2, 0.25) is 20.4 Å². The monoisotopic (exact) mass is 306 g/mol. The van der Waals surface area contributed by atoms with Gasteiger partial charge in [0.1, 0.15) is 16.1 Å². The Bertz CT molecular complexity index is 537. The molecule has 1 heterocycles. The van der Waals surface area contributed by atoms with Crippen molar-refractivity contribution < 1.29 is 0 Å². The average molecular weight is 308 g/mol. The Morgan fingerprint density at radius 3 is 2.06 bits per heavy atom. The third-order valence-electron chi connectivity index (χ3n) is 2.06. The summed E-state index contributed by atoms with van der Waals surface area (Å²) >= 11 is 23.3. The number of hydrogen-bond donors (Lipinski definition) is 0. The van der Waals surface area contributed by atoms with Crippen molar-refractivity contribution in [2.45, 2.75) is 6.42 Å². The fourth-order valence-corrected chi connectivity index (χ4v) is 2.12. The zero-order chi connectivity index (χ0) is 12.4. The number of benzene rings is 1. The highest BCUT2D eigenvalue weighted by molar-refractivity contribution is 6.42. The number of nitrogens with zero attached hydrogens (tertiary/aromatic N) is 2. The molecule has 88 valence electrons. The predicted molar refractivity (Wildman–Crippen MR) is 71.3 cm³/mol. The van der Waals surface area contributed by atoms with Crippen molar-refractivity contribution in [3.05, 3.63) is 56.0 Å². The van der Waals surface area contributed by atoms with Gasteiger partial charge < -0.3 is 0 Å². The summed E-state index contributed by atoms with van der Waals surface area (Å²) in [5, 5.41) is 1.65. The van der Waals surface area contributed by atoms with Crippen LogP contribution in [0.1, 0.15) is 11.4 Å². The fourth-order valence-electron chi connectivity index (χ4n) is 1.35. The standard InChI is InChI=1S/C11H6Cl4N2/c12-7-2-1-6(3-8(7)13)4-11-16-9(14)5-10(15)17-11/h1-3,5H,4H2. The number of rotatable bonds is 2. The van der Waals surface area contributed by atoms with Gasteiger partial charge in [-0.1, -0.05) is 52.5 Å². The van der Waals surface area contributed by atoms with Gasteiger partial charge in [-0.2, -0.15) is 0 Å². The van der Waals surface area contributed by atoms with Crippen LogP contribution < -0.4 is 0 Å². The normalized spacial score (nSPS) is 10.6. The largest absolute Gasteiger partial charge is 0.221 e. The van der Waals surface area contributed by atoms with E-state index in [4.69, 9.17) is 46.4 Å². The summed E-state index contributed by atoms with van der Waals surface area (Å²) < 4.78 is 0. The van der Waals surface area contributed by atoms with Gasteiger partial charge in [0.05, 0.1) is 10.0 Å². The molecule has 0 amide bonds. The summed E-state index contributed by atoms with van der Waals surface area (Å²) in [4.78, 5) is 8.15. The van der Waals surface area contributed by atoms with Gasteiger partial charge in [-0.05, 0) is 17.7 Å². The Morgan fingerprint density at radius 1 is 0.824 bits per heavy atom. The van der Waals surface area contributed by atoms with Crippen molar-refractivity contribution in [3.63, 3.8) is 0 Å². The van der Waals surface area contributed by atoms with Crippen molar-refractivity contribution in [1.82, 2.24) is 9.97 Å². The predicted octanol–water partition coefficient (Wildman–Crippen LogP) is 4.68. The second kappa shape index (κ2) is 5.40. The molecule has 0 fully saturated rings. The Labute approximate surface area is 119 Å². The topological polar surface area (TPSA) is 25.8 Å². The van der Waals surface area contributed by atoms with Gasteiger partial charge in [-0.3, -0.25) is 0 Å². The Hall–Kier alpha value is -0.540. The molecule has 0 bridgehead atoms. The molecule has 2 nitrogen and oxygen atoms in total. The van der Waals surface area contributed by atoms with Gasteiger partial charge in [-0.15, -0.1) is 0 Å². The van der Waals surface area contributed by atoms with Crippen molar-refractivity contribution in [3.8, 4) is 0 Å². The van der Waals surface area contributed by atoms with E-state index in [1.807, 2.05) is 6.07 Å². The SMILES string of the molecule is Clc1cc(Cl)nc(Cc2ccc(Cl)c(Cl)c2)n1. The molecule has 0 radical (unpaired) electrons. The molecule has 2 aromatic rings. The van der Waals surface area contributed by atoms with Gasteiger partial charge in [0, 0.05) is 12.5 Å². The van der Waals surface area contributed by atoms with Crippen LogP contribution in [0, 0.1) is 0 Å². The maximum Gasteiger partial charge on any atom is 0.136 e. The van der Waals surface area contributed by atoms with Crippen LogP contribution in [0.15, 0.2) is 24.3 Å². The van der Waals surface area contributed by atoms with E-state index in [1.54, 1.807) is 12.1 Å². The van der Waals surface area contributed by atoms with E-state index < -0.39 is 0 Å². The maximum absolute atomic E-state index is 5.92. The van der Waals surface area contributed by atoms with Gasteiger partial charge >= 0.3 is 0 Å². The minimum Gasteiger partial charge on any atom is -0.221 e. The first-order valence-corrected chi connectivity index (χ1v) is 6.18. The van der Waals surface area contributed by atoms with Gasteiger partial charge in [0.2, 0.25) is 0 Å². The highest BCUT2D eigenvalue weighted by Crippen LogP contribution is 2.23. The highest BCUT2D eigenvalue weighted by atomic mass is 35.5. The Kier molecular flexibility index (Phi) is 4.10. The maximum atomic E-state index is 5.92.